The number of aryl methyl sites for hydroxylation is 2. The number of nitrogens with zero attached hydrogens (tertiary/aromatic N) is 2. The minimum absolute atomic E-state index is 0.669. The molecular weight excluding hydrogens is 262 g/mol. The van der Waals surface area contributed by atoms with Crippen LogP contribution < -0.4 is 10.5 Å². The zero-order valence-corrected chi connectivity index (χ0v) is 12.6. The lowest BCUT2D eigenvalue weighted by Crippen LogP contribution is -1.96. The topological polar surface area (TPSA) is 52.5 Å². The molecule has 4 heteroatoms. The molecule has 108 valence electrons. The largest absolute Gasteiger partial charge is 0.494 e. The number of benzene rings is 1. The second kappa shape index (κ2) is 5.13. The van der Waals surface area contributed by atoms with Crippen LogP contribution in [0.4, 0.5) is 5.69 Å². The average molecular weight is 281 g/mol. The Hall–Kier alpha value is -2.49. The number of hydrogen-bond donors (Lipinski definition) is 1. The quantitative estimate of drug-likeness (QED) is 0.798. The summed E-state index contributed by atoms with van der Waals surface area (Å²) < 4.78 is 7.51. The zero-order valence-electron chi connectivity index (χ0n) is 12.6. The first kappa shape index (κ1) is 13.5. The first-order valence-corrected chi connectivity index (χ1v) is 7.08. The first-order valence-electron chi connectivity index (χ1n) is 7.08. The molecule has 0 aliphatic carbocycles. The predicted octanol–water partition coefficient (Wildman–Crippen LogP) is 3.60. The first-order chi connectivity index (χ1) is 10.1. The number of anilines is 1. The molecule has 0 spiro atoms. The second-order valence-electron chi connectivity index (χ2n) is 5.11. The normalized spacial score (nSPS) is 11.0. The zero-order chi connectivity index (χ0) is 15.0. The Labute approximate surface area is 124 Å². The third-order valence-corrected chi connectivity index (χ3v) is 3.73. The summed E-state index contributed by atoms with van der Waals surface area (Å²) in [6.45, 7) is 6.70. The molecule has 2 aromatic heterocycles. The van der Waals surface area contributed by atoms with Crippen LogP contribution in [0.2, 0.25) is 0 Å². The van der Waals surface area contributed by atoms with Crippen molar-refractivity contribution >= 4 is 11.3 Å². The Balaban J connectivity index is 2.12. The van der Waals surface area contributed by atoms with Crippen molar-refractivity contribution in [3.8, 4) is 17.0 Å². The molecule has 0 unspecified atom stereocenters. The second-order valence-corrected chi connectivity index (χ2v) is 5.11. The van der Waals surface area contributed by atoms with Gasteiger partial charge < -0.3 is 14.9 Å². The Morgan fingerprint density at radius 3 is 2.52 bits per heavy atom. The number of aromatic nitrogens is 2. The molecule has 0 aliphatic rings. The van der Waals surface area contributed by atoms with Gasteiger partial charge in [-0.25, -0.2) is 4.98 Å². The van der Waals surface area contributed by atoms with Gasteiger partial charge in [-0.05, 0) is 56.7 Å². The molecule has 2 heterocycles. The smallest absolute Gasteiger partial charge is 0.161 e. The van der Waals surface area contributed by atoms with Crippen LogP contribution in [0.3, 0.4) is 0 Å². The molecule has 0 atom stereocenters. The number of ether oxygens (including phenoxy) is 1. The molecule has 2 N–H and O–H groups in total. The molecule has 0 saturated heterocycles. The fraction of sp³-hybridized carbons (Fsp3) is 0.235. The van der Waals surface area contributed by atoms with Gasteiger partial charge in [0, 0.05) is 17.5 Å². The van der Waals surface area contributed by atoms with Gasteiger partial charge in [0.25, 0.3) is 0 Å². The average Bonchev–Trinajstić information content (AvgIpc) is 2.82. The fourth-order valence-electron chi connectivity index (χ4n) is 2.49. The van der Waals surface area contributed by atoms with Crippen LogP contribution in [0, 0.1) is 13.8 Å². The lowest BCUT2D eigenvalue weighted by atomic mass is 10.1. The van der Waals surface area contributed by atoms with Crippen LogP contribution in [0.15, 0.2) is 36.5 Å². The van der Waals surface area contributed by atoms with E-state index in [0.717, 1.165) is 39.6 Å². The maximum atomic E-state index is 6.14. The Kier molecular flexibility index (Phi) is 3.29. The van der Waals surface area contributed by atoms with Gasteiger partial charge in [-0.1, -0.05) is 0 Å². The summed E-state index contributed by atoms with van der Waals surface area (Å²) in [5.41, 5.74) is 11.8. The van der Waals surface area contributed by atoms with Crippen molar-refractivity contribution in [1.29, 1.82) is 0 Å². The van der Waals surface area contributed by atoms with E-state index in [9.17, 15) is 0 Å². The van der Waals surface area contributed by atoms with Gasteiger partial charge in [0.05, 0.1) is 18.0 Å². The van der Waals surface area contributed by atoms with E-state index in [4.69, 9.17) is 15.5 Å². The van der Waals surface area contributed by atoms with Crippen LogP contribution >= 0.6 is 0 Å². The van der Waals surface area contributed by atoms with Crippen LogP contribution in [0.5, 0.6) is 5.75 Å². The van der Waals surface area contributed by atoms with Crippen molar-refractivity contribution in [3.05, 3.63) is 47.8 Å². The summed E-state index contributed by atoms with van der Waals surface area (Å²) in [5.74, 6) is 0.873. The summed E-state index contributed by atoms with van der Waals surface area (Å²) in [6, 6.07) is 10.0. The highest BCUT2D eigenvalue weighted by molar-refractivity contribution is 5.75. The minimum atomic E-state index is 0.669. The minimum Gasteiger partial charge on any atom is -0.494 e. The van der Waals surface area contributed by atoms with Crippen LogP contribution in [0.25, 0.3) is 16.9 Å². The van der Waals surface area contributed by atoms with Gasteiger partial charge in [-0.3, -0.25) is 0 Å². The SMILES string of the molecule is CCOc1ccc(-c2nc3c(N)c(C)ccn3c2C)cc1. The lowest BCUT2D eigenvalue weighted by molar-refractivity contribution is 0.340. The Bertz CT molecular complexity index is 788. The van der Waals surface area contributed by atoms with E-state index in [-0.39, 0.29) is 0 Å². The van der Waals surface area contributed by atoms with E-state index < -0.39 is 0 Å². The van der Waals surface area contributed by atoms with E-state index in [1.807, 2.05) is 54.8 Å². The number of hydrogen-bond acceptors (Lipinski definition) is 3. The van der Waals surface area contributed by atoms with E-state index in [2.05, 4.69) is 6.92 Å². The van der Waals surface area contributed by atoms with Crippen molar-refractivity contribution in [3.63, 3.8) is 0 Å². The fourth-order valence-corrected chi connectivity index (χ4v) is 2.49. The monoisotopic (exact) mass is 281 g/mol. The van der Waals surface area contributed by atoms with Gasteiger partial charge >= 0.3 is 0 Å². The number of nitrogens with two attached hydrogens (primary N) is 1. The molecule has 3 rings (SSSR count). The number of rotatable bonds is 3. The summed E-state index contributed by atoms with van der Waals surface area (Å²) >= 11 is 0. The molecule has 0 radical (unpaired) electrons. The van der Waals surface area contributed by atoms with E-state index >= 15 is 0 Å². The maximum Gasteiger partial charge on any atom is 0.161 e. The maximum absolute atomic E-state index is 6.14. The molecule has 0 fully saturated rings. The van der Waals surface area contributed by atoms with Crippen molar-refractivity contribution in [2.45, 2.75) is 20.8 Å². The number of nitrogen functional groups attached to an aromatic ring is 1. The number of pyridine rings is 1. The molecule has 21 heavy (non-hydrogen) atoms. The molecule has 1 aromatic carbocycles. The van der Waals surface area contributed by atoms with Crippen molar-refractivity contribution in [1.82, 2.24) is 9.38 Å². The summed E-state index contributed by atoms with van der Waals surface area (Å²) in [5, 5.41) is 0. The third kappa shape index (κ3) is 2.23. The van der Waals surface area contributed by atoms with Gasteiger partial charge in [0.2, 0.25) is 0 Å². The molecule has 0 bridgehead atoms. The Morgan fingerprint density at radius 2 is 1.86 bits per heavy atom. The Morgan fingerprint density at radius 1 is 1.14 bits per heavy atom. The van der Waals surface area contributed by atoms with Crippen LogP contribution in [0.1, 0.15) is 18.2 Å². The van der Waals surface area contributed by atoms with Crippen LogP contribution in [-0.2, 0) is 0 Å². The summed E-state index contributed by atoms with van der Waals surface area (Å²) in [4.78, 5) is 4.72. The third-order valence-electron chi connectivity index (χ3n) is 3.73. The number of imidazole rings is 1. The molecule has 0 amide bonds. The van der Waals surface area contributed by atoms with Gasteiger partial charge in [-0.2, -0.15) is 0 Å². The molecule has 0 aliphatic heterocycles. The van der Waals surface area contributed by atoms with Crippen molar-refractivity contribution in [2.75, 3.05) is 12.3 Å². The highest BCUT2D eigenvalue weighted by atomic mass is 16.5. The highest BCUT2D eigenvalue weighted by Crippen LogP contribution is 2.28. The van der Waals surface area contributed by atoms with Gasteiger partial charge in [-0.15, -0.1) is 0 Å². The summed E-state index contributed by atoms with van der Waals surface area (Å²) in [7, 11) is 0. The standard InChI is InChI=1S/C17H19N3O/c1-4-21-14-7-5-13(6-8-14)16-12(3)20-10-9-11(2)15(18)17(20)19-16/h5-10H,4,18H2,1-3H3. The van der Waals surface area contributed by atoms with Gasteiger partial charge in [0.15, 0.2) is 5.65 Å². The molecule has 0 saturated carbocycles. The van der Waals surface area contributed by atoms with E-state index in [1.54, 1.807) is 0 Å². The number of fused-ring (bicyclic) bond motifs is 1. The van der Waals surface area contributed by atoms with Gasteiger partial charge in [0.1, 0.15) is 5.75 Å². The van der Waals surface area contributed by atoms with Crippen molar-refractivity contribution in [2.24, 2.45) is 0 Å². The van der Waals surface area contributed by atoms with E-state index in [1.165, 1.54) is 0 Å². The lowest BCUT2D eigenvalue weighted by Gasteiger charge is -2.04. The molecule has 4 nitrogen and oxygen atoms in total. The van der Waals surface area contributed by atoms with Crippen LogP contribution in [-0.4, -0.2) is 16.0 Å². The molecule has 3 aromatic rings. The predicted molar refractivity (Wildman–Crippen MR) is 85.7 cm³/mol. The van der Waals surface area contributed by atoms with Crippen molar-refractivity contribution < 1.29 is 4.74 Å². The van der Waals surface area contributed by atoms with E-state index in [0.29, 0.717) is 6.61 Å². The highest BCUT2D eigenvalue weighted by Gasteiger charge is 2.13. The summed E-state index contributed by atoms with van der Waals surface area (Å²) in [6.07, 6.45) is 2.02. The molecular formula is C17H19N3O.